The Labute approximate surface area is 146 Å². The van der Waals surface area contributed by atoms with E-state index in [1.54, 1.807) is 13.0 Å². The fourth-order valence-corrected chi connectivity index (χ4v) is 2.18. The molecule has 2 N–H and O–H groups in total. The summed E-state index contributed by atoms with van der Waals surface area (Å²) in [6.07, 6.45) is -3.07. The highest BCUT2D eigenvalue weighted by molar-refractivity contribution is 6.04. The molecule has 6 nitrogen and oxygen atoms in total. The third-order valence-electron chi connectivity index (χ3n) is 3.35. The Hall–Kier alpha value is -3.36. The average molecular weight is 362 g/mol. The van der Waals surface area contributed by atoms with Crippen LogP contribution in [0.25, 0.3) is 0 Å². The Morgan fingerprint density at radius 1 is 1.12 bits per heavy atom. The van der Waals surface area contributed by atoms with E-state index in [4.69, 9.17) is 4.52 Å². The maximum absolute atomic E-state index is 12.8. The van der Waals surface area contributed by atoms with E-state index in [-0.39, 0.29) is 22.9 Å². The van der Waals surface area contributed by atoms with Gasteiger partial charge in [0, 0.05) is 23.5 Å². The third kappa shape index (κ3) is 4.18. The van der Waals surface area contributed by atoms with Crippen molar-refractivity contribution in [2.45, 2.75) is 13.1 Å². The fourth-order valence-electron chi connectivity index (χ4n) is 2.18. The molecular weight excluding hydrogens is 349 g/mol. The first-order valence-corrected chi connectivity index (χ1v) is 7.46. The number of benzene rings is 1. The van der Waals surface area contributed by atoms with Gasteiger partial charge in [-0.3, -0.25) is 4.79 Å². The Kier molecular flexibility index (Phi) is 4.61. The highest BCUT2D eigenvalue weighted by Gasteiger charge is 2.30. The minimum absolute atomic E-state index is 0.206. The molecule has 1 amide bonds. The topological polar surface area (TPSA) is 80.0 Å². The van der Waals surface area contributed by atoms with Crippen molar-refractivity contribution in [3.05, 3.63) is 65.5 Å². The Balaban J connectivity index is 1.76. The van der Waals surface area contributed by atoms with E-state index in [9.17, 15) is 18.0 Å². The van der Waals surface area contributed by atoms with Gasteiger partial charge in [-0.1, -0.05) is 11.2 Å². The van der Waals surface area contributed by atoms with E-state index < -0.39 is 17.6 Å². The highest BCUT2D eigenvalue weighted by atomic mass is 19.4. The molecule has 0 spiro atoms. The van der Waals surface area contributed by atoms with Crippen molar-refractivity contribution in [2.75, 3.05) is 10.6 Å². The van der Waals surface area contributed by atoms with E-state index in [0.29, 0.717) is 5.76 Å². The maximum Gasteiger partial charge on any atom is 0.416 e. The van der Waals surface area contributed by atoms with Crippen molar-refractivity contribution in [3.8, 4) is 0 Å². The van der Waals surface area contributed by atoms with Crippen molar-refractivity contribution >= 4 is 23.2 Å². The largest absolute Gasteiger partial charge is 0.416 e. The van der Waals surface area contributed by atoms with Crippen LogP contribution < -0.4 is 10.6 Å². The fraction of sp³-hybridized carbons (Fsp3) is 0.118. The molecule has 0 fully saturated rings. The summed E-state index contributed by atoms with van der Waals surface area (Å²) in [6.45, 7) is 1.69. The zero-order chi connectivity index (χ0) is 18.7. The summed E-state index contributed by atoms with van der Waals surface area (Å²) in [5, 5.41) is 8.96. The van der Waals surface area contributed by atoms with Gasteiger partial charge in [-0.15, -0.1) is 0 Å². The Morgan fingerprint density at radius 2 is 1.92 bits per heavy atom. The number of carbonyl (C=O) groups is 1. The van der Waals surface area contributed by atoms with Crippen LogP contribution in [-0.2, 0) is 6.18 Å². The number of hydrogen-bond donors (Lipinski definition) is 2. The monoisotopic (exact) mass is 362 g/mol. The minimum atomic E-state index is -4.44. The lowest BCUT2D eigenvalue weighted by Gasteiger charge is -2.10. The van der Waals surface area contributed by atoms with Gasteiger partial charge >= 0.3 is 6.18 Å². The van der Waals surface area contributed by atoms with Crippen LogP contribution in [0.15, 0.2) is 53.2 Å². The van der Waals surface area contributed by atoms with Crippen molar-refractivity contribution in [2.24, 2.45) is 0 Å². The summed E-state index contributed by atoms with van der Waals surface area (Å²) in [5.41, 5.74) is -0.315. The Bertz CT molecular complexity index is 938. The van der Waals surface area contributed by atoms with Crippen LogP contribution in [0.3, 0.4) is 0 Å². The molecule has 1 aromatic carbocycles. The van der Waals surface area contributed by atoms with E-state index in [1.807, 2.05) is 0 Å². The van der Waals surface area contributed by atoms with Crippen LogP contribution in [-0.4, -0.2) is 16.0 Å². The molecule has 3 rings (SSSR count). The summed E-state index contributed by atoms with van der Waals surface area (Å²) in [4.78, 5) is 16.2. The lowest BCUT2D eigenvalue weighted by molar-refractivity contribution is -0.137. The van der Waals surface area contributed by atoms with Crippen molar-refractivity contribution in [1.82, 2.24) is 10.1 Å². The van der Waals surface area contributed by atoms with Gasteiger partial charge in [-0.2, -0.15) is 13.2 Å². The zero-order valence-electron chi connectivity index (χ0n) is 13.5. The number of hydrogen-bond acceptors (Lipinski definition) is 5. The second-order valence-electron chi connectivity index (χ2n) is 5.41. The summed E-state index contributed by atoms with van der Waals surface area (Å²) in [7, 11) is 0. The summed E-state index contributed by atoms with van der Waals surface area (Å²) in [6, 6.07) is 9.15. The van der Waals surface area contributed by atoms with Crippen LogP contribution in [0.4, 0.5) is 30.5 Å². The molecular formula is C17H13F3N4O2. The van der Waals surface area contributed by atoms with Gasteiger partial charge in [0.05, 0.1) is 5.56 Å². The molecule has 2 aromatic heterocycles. The van der Waals surface area contributed by atoms with Gasteiger partial charge in [0.1, 0.15) is 11.6 Å². The van der Waals surface area contributed by atoms with E-state index in [2.05, 4.69) is 20.8 Å². The number of alkyl halides is 3. The number of aryl methyl sites for hydroxylation is 1. The first-order valence-electron chi connectivity index (χ1n) is 7.46. The van der Waals surface area contributed by atoms with Gasteiger partial charge in [0.25, 0.3) is 5.91 Å². The number of amides is 1. The van der Waals surface area contributed by atoms with Crippen molar-refractivity contribution in [1.29, 1.82) is 0 Å². The summed E-state index contributed by atoms with van der Waals surface area (Å²) in [5.74, 6) is 0.583. The molecule has 0 saturated heterocycles. The summed E-state index contributed by atoms with van der Waals surface area (Å²) < 4.78 is 43.2. The molecule has 0 aliphatic heterocycles. The minimum Gasteiger partial charge on any atom is -0.360 e. The molecule has 2 heterocycles. The van der Waals surface area contributed by atoms with Gasteiger partial charge < -0.3 is 15.2 Å². The lowest BCUT2D eigenvalue weighted by Crippen LogP contribution is -2.12. The molecule has 0 unspecified atom stereocenters. The van der Waals surface area contributed by atoms with Gasteiger partial charge in [-0.05, 0) is 37.3 Å². The lowest BCUT2D eigenvalue weighted by atomic mass is 10.2. The van der Waals surface area contributed by atoms with Crippen molar-refractivity contribution < 1.29 is 22.5 Å². The van der Waals surface area contributed by atoms with E-state index in [0.717, 1.165) is 12.1 Å². The SMILES string of the molecule is Cc1cc(NC(=O)c2ccnc(Nc3cccc(C(F)(F)F)c3)c2)no1. The number of nitrogens with zero attached hydrogens (tertiary/aromatic N) is 2. The highest BCUT2D eigenvalue weighted by Crippen LogP contribution is 2.31. The number of rotatable bonds is 4. The second-order valence-corrected chi connectivity index (χ2v) is 5.41. The maximum atomic E-state index is 12.8. The molecule has 0 atom stereocenters. The van der Waals surface area contributed by atoms with Crippen LogP contribution in [0.1, 0.15) is 21.7 Å². The van der Waals surface area contributed by atoms with Crippen LogP contribution in [0.5, 0.6) is 0 Å². The van der Waals surface area contributed by atoms with Gasteiger partial charge in [0.15, 0.2) is 5.82 Å². The van der Waals surface area contributed by atoms with Crippen LogP contribution in [0.2, 0.25) is 0 Å². The normalized spacial score (nSPS) is 11.2. The molecule has 134 valence electrons. The number of pyridine rings is 1. The van der Waals surface area contributed by atoms with E-state index in [1.165, 1.54) is 30.5 Å². The quantitative estimate of drug-likeness (QED) is 0.719. The standard InChI is InChI=1S/C17H13F3N4O2/c1-10-7-15(24-26-10)23-16(25)11-5-6-21-14(8-11)22-13-4-2-3-12(9-13)17(18,19)20/h2-9H,1H3,(H,21,22)(H,23,24,25). The first kappa shape index (κ1) is 17.5. The molecule has 3 aromatic rings. The summed E-state index contributed by atoms with van der Waals surface area (Å²) >= 11 is 0. The number of nitrogens with one attached hydrogen (secondary N) is 2. The molecule has 0 radical (unpaired) electrons. The molecule has 0 aliphatic rings. The van der Waals surface area contributed by atoms with Gasteiger partial charge in [-0.25, -0.2) is 4.98 Å². The molecule has 0 bridgehead atoms. The number of carbonyl (C=O) groups excluding carboxylic acids is 1. The second kappa shape index (κ2) is 6.87. The predicted molar refractivity (Wildman–Crippen MR) is 88.2 cm³/mol. The van der Waals surface area contributed by atoms with E-state index >= 15 is 0 Å². The molecule has 26 heavy (non-hydrogen) atoms. The zero-order valence-corrected chi connectivity index (χ0v) is 13.5. The van der Waals surface area contributed by atoms with Crippen molar-refractivity contribution in [3.63, 3.8) is 0 Å². The molecule has 0 aliphatic carbocycles. The smallest absolute Gasteiger partial charge is 0.360 e. The van der Waals surface area contributed by atoms with Crippen LogP contribution >= 0.6 is 0 Å². The Morgan fingerprint density at radius 3 is 2.62 bits per heavy atom. The number of halogens is 3. The number of anilines is 3. The molecule has 9 heteroatoms. The van der Waals surface area contributed by atoms with Gasteiger partial charge in [0.2, 0.25) is 0 Å². The molecule has 0 saturated carbocycles. The average Bonchev–Trinajstić information content (AvgIpc) is 2.99. The van der Waals surface area contributed by atoms with Crippen LogP contribution in [0, 0.1) is 6.92 Å². The first-order chi connectivity index (χ1) is 12.3. The number of aromatic nitrogens is 2. The third-order valence-corrected chi connectivity index (χ3v) is 3.35. The predicted octanol–water partition coefficient (Wildman–Crippen LogP) is 4.39.